The number of nitrogens with one attached hydrogen (secondary N) is 1. The molecule has 7 rings (SSSR count). The van der Waals surface area contributed by atoms with Crippen molar-refractivity contribution in [2.45, 2.75) is 88.9 Å². The molecule has 48 heavy (non-hydrogen) atoms. The number of carbonyl (C=O) groups is 2. The third-order valence-electron chi connectivity index (χ3n) is 9.33. The lowest BCUT2D eigenvalue weighted by Crippen LogP contribution is -2.64. The first-order valence-electron chi connectivity index (χ1n) is 16.0. The fourth-order valence-corrected chi connectivity index (χ4v) is 7.86. The van der Waals surface area contributed by atoms with E-state index in [9.17, 15) is 14.7 Å². The summed E-state index contributed by atoms with van der Waals surface area (Å²) >= 11 is 1.26. The molecule has 4 aromatic rings. The highest BCUT2D eigenvalue weighted by atomic mass is 32.2. The molecule has 4 atom stereocenters. The smallest absolute Gasteiger partial charge is 0.412 e. The fourth-order valence-electron chi connectivity index (χ4n) is 7.50. The van der Waals surface area contributed by atoms with Gasteiger partial charge in [-0.05, 0) is 70.2 Å². The average molecular weight is 679 g/mol. The molecule has 0 radical (unpaired) electrons. The van der Waals surface area contributed by atoms with Crippen molar-refractivity contribution in [2.75, 3.05) is 23.0 Å². The minimum absolute atomic E-state index is 0.0154. The highest BCUT2D eigenvalue weighted by Gasteiger charge is 2.53. The number of rotatable bonds is 4. The van der Waals surface area contributed by atoms with Crippen LogP contribution in [-0.4, -0.2) is 79.8 Å². The van der Waals surface area contributed by atoms with Gasteiger partial charge in [0.05, 0.1) is 23.8 Å². The van der Waals surface area contributed by atoms with Gasteiger partial charge in [0.25, 0.3) is 0 Å². The predicted octanol–water partition coefficient (Wildman–Crippen LogP) is 7.24. The number of aryl methyl sites for hydroxylation is 1. The SMILES string of the molecule is CCc1cccc2c(F)c(NC(=O)OC(C)(C)C)cc(-c3nc4c5c(nc(SC)nc5c3F)N3CC5CCC(C3C(C)O4)N5C(=O)O)c12. The summed E-state index contributed by atoms with van der Waals surface area (Å²) in [5.41, 5.74) is -0.187. The van der Waals surface area contributed by atoms with E-state index in [0.29, 0.717) is 47.6 Å². The molecule has 3 aliphatic rings. The maximum absolute atomic E-state index is 17.1. The molecule has 2 fully saturated rings. The lowest BCUT2D eigenvalue weighted by molar-refractivity contribution is 0.0634. The minimum Gasteiger partial charge on any atom is -0.472 e. The highest BCUT2D eigenvalue weighted by molar-refractivity contribution is 7.98. The lowest BCUT2D eigenvalue weighted by atomic mass is 9.94. The maximum atomic E-state index is 17.1. The van der Waals surface area contributed by atoms with Gasteiger partial charge in [-0.25, -0.2) is 33.3 Å². The highest BCUT2D eigenvalue weighted by Crippen LogP contribution is 2.47. The molecule has 11 nitrogen and oxygen atoms in total. The Morgan fingerprint density at radius 2 is 1.92 bits per heavy atom. The molecule has 2 bridgehead atoms. The van der Waals surface area contributed by atoms with Crippen LogP contribution in [0.5, 0.6) is 5.88 Å². The minimum atomic E-state index is -0.981. The van der Waals surface area contributed by atoms with E-state index in [2.05, 4.69) is 10.3 Å². The topological polar surface area (TPSA) is 130 Å². The normalized spacial score (nSPS) is 21.6. The van der Waals surface area contributed by atoms with Gasteiger partial charge in [0.2, 0.25) is 5.88 Å². The van der Waals surface area contributed by atoms with Gasteiger partial charge in [-0.3, -0.25) is 10.2 Å². The third-order valence-corrected chi connectivity index (χ3v) is 9.88. The van der Waals surface area contributed by atoms with E-state index in [1.807, 2.05) is 24.8 Å². The van der Waals surface area contributed by atoms with Crippen LogP contribution in [0.4, 0.5) is 29.9 Å². The molecule has 3 aliphatic heterocycles. The number of halogens is 2. The molecule has 4 unspecified atom stereocenters. The molecule has 0 spiro atoms. The Kier molecular flexibility index (Phi) is 7.76. The number of carbonyl (C=O) groups excluding carboxylic acids is 1. The molecular formula is C34H36F2N6O5S. The van der Waals surface area contributed by atoms with Gasteiger partial charge in [-0.1, -0.05) is 36.9 Å². The first-order chi connectivity index (χ1) is 22.8. The largest absolute Gasteiger partial charge is 0.472 e. The molecule has 14 heteroatoms. The number of nitrogens with zero attached hydrogens (tertiary/aromatic N) is 5. The fraction of sp³-hybridized carbons (Fsp3) is 0.441. The molecule has 0 aliphatic carbocycles. The molecule has 2 saturated heterocycles. The zero-order valence-corrected chi connectivity index (χ0v) is 28.2. The van der Waals surface area contributed by atoms with Crippen molar-refractivity contribution in [3.8, 4) is 17.1 Å². The Bertz CT molecular complexity index is 2010. The van der Waals surface area contributed by atoms with E-state index < -0.39 is 41.6 Å². The second-order valence-corrected chi connectivity index (χ2v) is 14.2. The van der Waals surface area contributed by atoms with E-state index in [1.165, 1.54) is 22.7 Å². The van der Waals surface area contributed by atoms with Crippen LogP contribution < -0.4 is 15.0 Å². The van der Waals surface area contributed by atoms with E-state index in [1.54, 1.807) is 39.2 Å². The zero-order chi connectivity index (χ0) is 34.2. The number of benzene rings is 2. The van der Waals surface area contributed by atoms with Crippen LogP contribution >= 0.6 is 11.8 Å². The summed E-state index contributed by atoms with van der Waals surface area (Å²) in [5, 5.41) is 13.8. The summed E-state index contributed by atoms with van der Waals surface area (Å²) in [7, 11) is 0. The number of anilines is 2. The molecular weight excluding hydrogens is 642 g/mol. The second kappa shape index (κ2) is 11.6. The number of pyridine rings is 1. The van der Waals surface area contributed by atoms with Gasteiger partial charge in [-0.15, -0.1) is 0 Å². The Balaban J connectivity index is 1.47. The number of ether oxygens (including phenoxy) is 2. The number of hydrogen-bond acceptors (Lipinski definition) is 9. The van der Waals surface area contributed by atoms with Crippen molar-refractivity contribution in [1.82, 2.24) is 19.9 Å². The van der Waals surface area contributed by atoms with E-state index in [4.69, 9.17) is 19.4 Å². The van der Waals surface area contributed by atoms with E-state index in [0.717, 1.165) is 5.56 Å². The number of aromatic nitrogens is 3. The molecule has 252 valence electrons. The van der Waals surface area contributed by atoms with E-state index in [-0.39, 0.29) is 45.8 Å². The molecule has 2 N–H and O–H groups in total. The Labute approximate surface area is 280 Å². The summed E-state index contributed by atoms with van der Waals surface area (Å²) in [4.78, 5) is 42.8. The van der Waals surface area contributed by atoms with Gasteiger partial charge >= 0.3 is 12.2 Å². The summed E-state index contributed by atoms with van der Waals surface area (Å²) in [6, 6.07) is 5.49. The van der Waals surface area contributed by atoms with Crippen molar-refractivity contribution in [2.24, 2.45) is 0 Å². The molecule has 2 aromatic carbocycles. The van der Waals surface area contributed by atoms with Crippen molar-refractivity contribution in [3.63, 3.8) is 0 Å². The van der Waals surface area contributed by atoms with Crippen LogP contribution in [0.15, 0.2) is 29.4 Å². The Hall–Kier alpha value is -4.46. The van der Waals surface area contributed by atoms with Crippen LogP contribution in [0.2, 0.25) is 0 Å². The Morgan fingerprint density at radius 1 is 1.15 bits per heavy atom. The number of fused-ring (bicyclic) bond motifs is 6. The summed E-state index contributed by atoms with van der Waals surface area (Å²) in [6.07, 6.45) is 1.27. The van der Waals surface area contributed by atoms with Crippen molar-refractivity contribution < 1.29 is 33.0 Å². The van der Waals surface area contributed by atoms with Crippen molar-refractivity contribution in [1.29, 1.82) is 0 Å². The van der Waals surface area contributed by atoms with Crippen LogP contribution in [0, 0.1) is 11.6 Å². The van der Waals surface area contributed by atoms with Crippen molar-refractivity contribution in [3.05, 3.63) is 41.5 Å². The van der Waals surface area contributed by atoms with Crippen LogP contribution in [0.25, 0.3) is 32.9 Å². The van der Waals surface area contributed by atoms with Gasteiger partial charge in [0.15, 0.2) is 16.8 Å². The monoisotopic (exact) mass is 678 g/mol. The predicted molar refractivity (Wildman–Crippen MR) is 179 cm³/mol. The average Bonchev–Trinajstić information content (AvgIpc) is 3.29. The zero-order valence-electron chi connectivity index (χ0n) is 27.4. The van der Waals surface area contributed by atoms with Gasteiger partial charge in [0.1, 0.15) is 34.1 Å². The van der Waals surface area contributed by atoms with Crippen LogP contribution in [0.3, 0.4) is 0 Å². The first-order valence-corrected chi connectivity index (χ1v) is 17.2. The molecule has 0 saturated carbocycles. The molecule has 5 heterocycles. The second-order valence-electron chi connectivity index (χ2n) is 13.4. The number of carboxylic acid groups (broad SMARTS) is 1. The summed E-state index contributed by atoms with van der Waals surface area (Å²) < 4.78 is 45.1. The first kappa shape index (κ1) is 32.1. The summed E-state index contributed by atoms with van der Waals surface area (Å²) in [6.45, 7) is 9.23. The van der Waals surface area contributed by atoms with Crippen molar-refractivity contribution >= 4 is 57.1 Å². The number of hydrogen-bond donors (Lipinski definition) is 2. The standard InChI is InChI=1S/C34H36F2N6O5S/c1-7-16-9-8-10-18-22(16)19(13-20(24(18)35)37-32(43)47-34(3,4)5)26-25(36)27-23-29(40-31(39-27)48-6)41-14-17-11-12-21(42(17)33(44)45)28(41)15(2)46-30(23)38-26/h8-10,13,15,17,21,28H,7,11-12,14H2,1-6H3,(H,37,43)(H,44,45). The third kappa shape index (κ3) is 5.11. The summed E-state index contributed by atoms with van der Waals surface area (Å²) in [5.74, 6) is -0.907. The van der Waals surface area contributed by atoms with Gasteiger partial charge in [-0.2, -0.15) is 0 Å². The molecule has 2 aromatic heterocycles. The van der Waals surface area contributed by atoms with Gasteiger partial charge < -0.3 is 19.5 Å². The molecule has 2 amide bonds. The number of thioether (sulfide) groups is 1. The lowest BCUT2D eigenvalue weighted by Gasteiger charge is -2.47. The quantitative estimate of drug-likeness (QED) is 0.168. The van der Waals surface area contributed by atoms with Crippen LogP contribution in [-0.2, 0) is 11.2 Å². The van der Waals surface area contributed by atoms with Gasteiger partial charge in [0, 0.05) is 17.5 Å². The number of piperazine rings is 1. The maximum Gasteiger partial charge on any atom is 0.412 e. The number of amides is 2. The van der Waals surface area contributed by atoms with Crippen LogP contribution in [0.1, 0.15) is 53.0 Å². The van der Waals surface area contributed by atoms with E-state index >= 15 is 8.78 Å². The Morgan fingerprint density at radius 3 is 2.60 bits per heavy atom.